The van der Waals surface area contributed by atoms with E-state index in [1.165, 1.54) is 0 Å². The van der Waals surface area contributed by atoms with Crippen molar-refractivity contribution in [3.63, 3.8) is 0 Å². The number of carbonyl (C=O) groups excluding carboxylic acids is 1. The number of anilines is 1. The molecule has 0 heterocycles. The minimum absolute atomic E-state index is 0.201. The van der Waals surface area contributed by atoms with Gasteiger partial charge in [-0.05, 0) is 37.3 Å². The van der Waals surface area contributed by atoms with Gasteiger partial charge in [-0.3, -0.25) is 0 Å². The van der Waals surface area contributed by atoms with Gasteiger partial charge in [0.15, 0.2) is 6.61 Å². The Bertz CT molecular complexity index is 518. The third-order valence-electron chi connectivity index (χ3n) is 3.52. The minimum atomic E-state index is -1.06. The van der Waals surface area contributed by atoms with E-state index in [4.69, 9.17) is 9.84 Å². The zero-order valence-electron chi connectivity index (χ0n) is 12.0. The van der Waals surface area contributed by atoms with Crippen molar-refractivity contribution in [3.8, 4) is 5.75 Å². The summed E-state index contributed by atoms with van der Waals surface area (Å²) in [5, 5.41) is 14.3. The minimum Gasteiger partial charge on any atom is -0.480 e. The van der Waals surface area contributed by atoms with Crippen molar-refractivity contribution in [3.05, 3.63) is 24.3 Å². The molecular formula is C15H20N2O4. The van der Waals surface area contributed by atoms with Gasteiger partial charge in [0.1, 0.15) is 5.75 Å². The average molecular weight is 292 g/mol. The summed E-state index contributed by atoms with van der Waals surface area (Å²) in [6, 6.07) is 6.68. The summed E-state index contributed by atoms with van der Waals surface area (Å²) >= 11 is 0. The fraction of sp³-hybridized carbons (Fsp3) is 0.467. The van der Waals surface area contributed by atoms with Crippen LogP contribution in [-0.2, 0) is 4.79 Å². The number of ether oxygens (including phenoxy) is 1. The normalized spacial score (nSPS) is 20.8. The van der Waals surface area contributed by atoms with Crippen LogP contribution in [0.1, 0.15) is 26.2 Å². The Hall–Kier alpha value is -2.24. The maximum absolute atomic E-state index is 12.0. The molecule has 6 nitrogen and oxygen atoms in total. The molecule has 1 saturated carbocycles. The van der Waals surface area contributed by atoms with Gasteiger partial charge < -0.3 is 20.5 Å². The quantitative estimate of drug-likeness (QED) is 0.778. The molecular weight excluding hydrogens is 272 g/mol. The average Bonchev–Trinajstić information content (AvgIpc) is 2.83. The number of hydrogen-bond acceptors (Lipinski definition) is 3. The van der Waals surface area contributed by atoms with E-state index in [2.05, 4.69) is 17.6 Å². The van der Waals surface area contributed by atoms with Gasteiger partial charge in [-0.15, -0.1) is 0 Å². The summed E-state index contributed by atoms with van der Waals surface area (Å²) < 4.78 is 5.14. The molecule has 1 aromatic rings. The molecule has 1 aliphatic rings. The molecule has 3 N–H and O–H groups in total. The first-order valence-corrected chi connectivity index (χ1v) is 7.05. The maximum atomic E-state index is 12.0. The van der Waals surface area contributed by atoms with Crippen LogP contribution in [0.25, 0.3) is 0 Å². The van der Waals surface area contributed by atoms with Crippen molar-refractivity contribution < 1.29 is 19.4 Å². The molecule has 0 bridgehead atoms. The fourth-order valence-electron chi connectivity index (χ4n) is 2.52. The maximum Gasteiger partial charge on any atom is 0.341 e. The molecule has 2 rings (SSSR count). The van der Waals surface area contributed by atoms with Gasteiger partial charge in [0.25, 0.3) is 0 Å². The van der Waals surface area contributed by atoms with Crippen LogP contribution in [0.3, 0.4) is 0 Å². The number of para-hydroxylation sites is 2. The van der Waals surface area contributed by atoms with Crippen LogP contribution in [0.15, 0.2) is 24.3 Å². The first kappa shape index (κ1) is 15.2. The molecule has 0 aliphatic heterocycles. The van der Waals surface area contributed by atoms with Crippen LogP contribution < -0.4 is 15.4 Å². The number of amides is 2. The Kier molecular flexibility index (Phi) is 5.03. The highest BCUT2D eigenvalue weighted by molar-refractivity contribution is 5.91. The molecule has 114 valence electrons. The van der Waals surface area contributed by atoms with Crippen molar-refractivity contribution in [1.82, 2.24) is 5.32 Å². The fourth-order valence-corrected chi connectivity index (χ4v) is 2.52. The van der Waals surface area contributed by atoms with E-state index >= 15 is 0 Å². The summed E-state index contributed by atoms with van der Waals surface area (Å²) in [6.45, 7) is 1.73. The SMILES string of the molecule is CC1CCC(NC(=O)Nc2ccccc2OCC(=O)O)C1. The van der Waals surface area contributed by atoms with Gasteiger partial charge in [-0.1, -0.05) is 19.1 Å². The lowest BCUT2D eigenvalue weighted by Gasteiger charge is -2.15. The largest absolute Gasteiger partial charge is 0.480 e. The third-order valence-corrected chi connectivity index (χ3v) is 3.52. The Morgan fingerprint density at radius 1 is 1.33 bits per heavy atom. The Morgan fingerprint density at radius 3 is 2.76 bits per heavy atom. The van der Waals surface area contributed by atoms with E-state index in [1.807, 2.05) is 0 Å². The first-order valence-electron chi connectivity index (χ1n) is 7.05. The lowest BCUT2D eigenvalue weighted by molar-refractivity contribution is -0.139. The van der Waals surface area contributed by atoms with Gasteiger partial charge >= 0.3 is 12.0 Å². The zero-order chi connectivity index (χ0) is 15.2. The molecule has 0 aromatic heterocycles. The number of carboxylic acids is 1. The molecule has 2 amide bonds. The first-order chi connectivity index (χ1) is 10.0. The predicted octanol–water partition coefficient (Wildman–Crippen LogP) is 2.46. The Labute approximate surface area is 123 Å². The van der Waals surface area contributed by atoms with Crippen LogP contribution in [0.5, 0.6) is 5.75 Å². The summed E-state index contributed by atoms with van der Waals surface area (Å²) in [5.41, 5.74) is 0.460. The van der Waals surface area contributed by atoms with Crippen LogP contribution in [0.2, 0.25) is 0 Å². The number of aliphatic carboxylic acids is 1. The van der Waals surface area contributed by atoms with E-state index in [1.54, 1.807) is 24.3 Å². The van der Waals surface area contributed by atoms with Gasteiger partial charge in [0, 0.05) is 6.04 Å². The molecule has 1 aromatic carbocycles. The number of carbonyl (C=O) groups is 2. The van der Waals surface area contributed by atoms with E-state index in [-0.39, 0.29) is 12.1 Å². The molecule has 0 radical (unpaired) electrons. The number of urea groups is 1. The molecule has 0 spiro atoms. The Morgan fingerprint density at radius 2 is 2.10 bits per heavy atom. The monoisotopic (exact) mass is 292 g/mol. The standard InChI is InChI=1S/C15H20N2O4/c1-10-6-7-11(8-10)16-15(20)17-12-4-2-3-5-13(12)21-9-14(18)19/h2-5,10-11H,6-9H2,1H3,(H,18,19)(H2,16,17,20). The van der Waals surface area contributed by atoms with Crippen LogP contribution in [0, 0.1) is 5.92 Å². The van der Waals surface area contributed by atoms with Crippen LogP contribution in [-0.4, -0.2) is 29.8 Å². The second-order valence-corrected chi connectivity index (χ2v) is 5.39. The van der Waals surface area contributed by atoms with E-state index in [0.29, 0.717) is 17.4 Å². The number of rotatable bonds is 5. The van der Waals surface area contributed by atoms with Crippen molar-refractivity contribution in [2.24, 2.45) is 5.92 Å². The smallest absolute Gasteiger partial charge is 0.341 e. The zero-order valence-corrected chi connectivity index (χ0v) is 12.0. The van der Waals surface area contributed by atoms with E-state index in [9.17, 15) is 9.59 Å². The summed E-state index contributed by atoms with van der Waals surface area (Å²) in [6.07, 6.45) is 3.11. The van der Waals surface area contributed by atoms with Crippen molar-refractivity contribution in [2.45, 2.75) is 32.2 Å². The number of hydrogen-bond donors (Lipinski definition) is 3. The molecule has 1 aliphatic carbocycles. The topological polar surface area (TPSA) is 87.7 Å². The van der Waals surface area contributed by atoms with Crippen molar-refractivity contribution >= 4 is 17.7 Å². The summed E-state index contributed by atoms with van der Waals surface area (Å²) in [7, 11) is 0. The van der Waals surface area contributed by atoms with Gasteiger partial charge in [-0.2, -0.15) is 0 Å². The lowest BCUT2D eigenvalue weighted by atomic mass is 10.1. The highest BCUT2D eigenvalue weighted by atomic mass is 16.5. The molecule has 21 heavy (non-hydrogen) atoms. The molecule has 0 saturated heterocycles. The van der Waals surface area contributed by atoms with Gasteiger partial charge in [0.05, 0.1) is 5.69 Å². The van der Waals surface area contributed by atoms with Crippen molar-refractivity contribution in [2.75, 3.05) is 11.9 Å². The molecule has 2 atom stereocenters. The number of benzene rings is 1. The van der Waals surface area contributed by atoms with E-state index < -0.39 is 12.6 Å². The second-order valence-electron chi connectivity index (χ2n) is 5.39. The number of carboxylic acid groups (broad SMARTS) is 1. The highest BCUT2D eigenvalue weighted by Crippen LogP contribution is 2.26. The molecule has 2 unspecified atom stereocenters. The van der Waals surface area contributed by atoms with E-state index in [0.717, 1.165) is 19.3 Å². The van der Waals surface area contributed by atoms with Gasteiger partial charge in [-0.25, -0.2) is 9.59 Å². The molecule has 6 heteroatoms. The molecule has 1 fully saturated rings. The summed E-state index contributed by atoms with van der Waals surface area (Å²) in [5.74, 6) is -0.0782. The van der Waals surface area contributed by atoms with Crippen LogP contribution in [0.4, 0.5) is 10.5 Å². The number of nitrogens with one attached hydrogen (secondary N) is 2. The Balaban J connectivity index is 1.92. The third kappa shape index (κ3) is 4.66. The summed E-state index contributed by atoms with van der Waals surface area (Å²) in [4.78, 5) is 22.5. The highest BCUT2D eigenvalue weighted by Gasteiger charge is 2.22. The van der Waals surface area contributed by atoms with Gasteiger partial charge in [0.2, 0.25) is 0 Å². The van der Waals surface area contributed by atoms with Crippen LogP contribution >= 0.6 is 0 Å². The van der Waals surface area contributed by atoms with Crippen molar-refractivity contribution in [1.29, 1.82) is 0 Å². The predicted molar refractivity (Wildman–Crippen MR) is 78.5 cm³/mol. The second kappa shape index (κ2) is 6.97. The lowest BCUT2D eigenvalue weighted by Crippen LogP contribution is -2.36.